The van der Waals surface area contributed by atoms with Gasteiger partial charge in [-0.15, -0.1) is 0 Å². The molecule has 0 aliphatic rings. The van der Waals surface area contributed by atoms with Crippen molar-refractivity contribution in [2.24, 2.45) is 0 Å². The van der Waals surface area contributed by atoms with Crippen LogP contribution in [0.5, 0.6) is 0 Å². The van der Waals surface area contributed by atoms with Gasteiger partial charge in [-0.25, -0.2) is 0 Å². The molecule has 4 aromatic rings. The van der Waals surface area contributed by atoms with Gasteiger partial charge in [0.25, 0.3) is 0 Å². The molecular formula is C22H18NO+. The van der Waals surface area contributed by atoms with Crippen LogP contribution < -0.4 is 4.57 Å². The molecule has 0 saturated carbocycles. The molecule has 1 heterocycles. The molecule has 0 spiro atoms. The van der Waals surface area contributed by atoms with Gasteiger partial charge >= 0.3 is 0 Å². The van der Waals surface area contributed by atoms with Gasteiger partial charge in [-0.05, 0) is 40.1 Å². The number of ketones is 1. The highest BCUT2D eigenvalue weighted by atomic mass is 16.1. The number of hydrogen-bond acceptors (Lipinski definition) is 1. The van der Waals surface area contributed by atoms with Crippen molar-refractivity contribution in [3.63, 3.8) is 0 Å². The van der Waals surface area contributed by atoms with Gasteiger partial charge in [-0.1, -0.05) is 48.5 Å². The predicted octanol–water partition coefficient (Wildman–Crippen LogP) is 4.47. The summed E-state index contributed by atoms with van der Waals surface area (Å²) in [6, 6.07) is 22.4. The van der Waals surface area contributed by atoms with E-state index in [1.165, 1.54) is 21.7 Å². The Hall–Kier alpha value is -3.00. The van der Waals surface area contributed by atoms with Crippen molar-refractivity contribution >= 4 is 27.3 Å². The number of pyridine rings is 1. The van der Waals surface area contributed by atoms with Crippen LogP contribution in [0.3, 0.4) is 0 Å². The van der Waals surface area contributed by atoms with Gasteiger partial charge in [0, 0.05) is 17.7 Å². The van der Waals surface area contributed by atoms with Gasteiger partial charge < -0.3 is 0 Å². The Kier molecular flexibility index (Phi) is 3.58. The van der Waals surface area contributed by atoms with Gasteiger partial charge in [0.2, 0.25) is 12.3 Å². The van der Waals surface area contributed by atoms with Crippen LogP contribution in [0.25, 0.3) is 21.5 Å². The number of carbonyl (C=O) groups is 1. The SMILES string of the molecule is Cc1cc2ccc(C(=O)C[n+]3ccccc3)cc2c2ccccc12. The topological polar surface area (TPSA) is 20.9 Å². The van der Waals surface area contributed by atoms with Crippen molar-refractivity contribution in [1.29, 1.82) is 0 Å². The largest absolute Gasteiger partial charge is 0.287 e. The molecule has 0 atom stereocenters. The van der Waals surface area contributed by atoms with Crippen LogP contribution in [0, 0.1) is 6.92 Å². The number of carbonyl (C=O) groups excluding carboxylic acids is 1. The van der Waals surface area contributed by atoms with E-state index in [2.05, 4.69) is 43.3 Å². The van der Waals surface area contributed by atoms with Crippen molar-refractivity contribution in [3.05, 3.63) is 90.3 Å². The highest BCUT2D eigenvalue weighted by Gasteiger charge is 2.13. The van der Waals surface area contributed by atoms with E-state index in [4.69, 9.17) is 0 Å². The molecule has 0 unspecified atom stereocenters. The second kappa shape index (κ2) is 5.89. The summed E-state index contributed by atoms with van der Waals surface area (Å²) in [5, 5.41) is 4.76. The van der Waals surface area contributed by atoms with E-state index in [1.54, 1.807) is 0 Å². The van der Waals surface area contributed by atoms with Crippen molar-refractivity contribution < 1.29 is 9.36 Å². The van der Waals surface area contributed by atoms with Crippen LogP contribution in [0.2, 0.25) is 0 Å². The lowest BCUT2D eigenvalue weighted by Gasteiger charge is -2.08. The van der Waals surface area contributed by atoms with Gasteiger partial charge in [-0.3, -0.25) is 4.79 Å². The zero-order valence-corrected chi connectivity index (χ0v) is 13.6. The van der Waals surface area contributed by atoms with Gasteiger partial charge in [0.15, 0.2) is 12.4 Å². The monoisotopic (exact) mass is 312 g/mol. The van der Waals surface area contributed by atoms with E-state index in [-0.39, 0.29) is 5.78 Å². The first-order chi connectivity index (χ1) is 11.7. The maximum absolute atomic E-state index is 12.6. The summed E-state index contributed by atoms with van der Waals surface area (Å²) >= 11 is 0. The molecule has 2 nitrogen and oxygen atoms in total. The van der Waals surface area contributed by atoms with Crippen molar-refractivity contribution in [2.45, 2.75) is 13.5 Å². The number of fused-ring (bicyclic) bond motifs is 3. The molecule has 0 saturated heterocycles. The van der Waals surface area contributed by atoms with Crippen LogP contribution in [-0.2, 0) is 6.54 Å². The number of benzene rings is 3. The number of Topliss-reactive ketones (excluding diaryl/α,β-unsaturated/α-hetero) is 1. The second-order valence-corrected chi connectivity index (χ2v) is 6.15. The minimum Gasteiger partial charge on any atom is -0.287 e. The van der Waals surface area contributed by atoms with E-state index in [9.17, 15) is 4.79 Å². The zero-order chi connectivity index (χ0) is 16.5. The molecule has 0 aliphatic heterocycles. The van der Waals surface area contributed by atoms with Crippen molar-refractivity contribution in [2.75, 3.05) is 0 Å². The molecule has 0 bridgehead atoms. The standard InChI is InChI=1S/C22H18NO/c1-16-13-17-9-10-18(22(24)15-23-11-5-2-6-12-23)14-21(17)20-8-4-3-7-19(16)20/h2-14H,15H2,1H3/q+1. The van der Waals surface area contributed by atoms with Gasteiger partial charge in [-0.2, -0.15) is 4.57 Å². The van der Waals surface area contributed by atoms with Gasteiger partial charge in [0.1, 0.15) is 0 Å². The highest BCUT2D eigenvalue weighted by Crippen LogP contribution is 2.29. The van der Waals surface area contributed by atoms with Crippen LogP contribution in [0.4, 0.5) is 0 Å². The Morgan fingerprint density at radius 2 is 1.58 bits per heavy atom. The molecular weight excluding hydrogens is 294 g/mol. The second-order valence-electron chi connectivity index (χ2n) is 6.15. The molecule has 0 N–H and O–H groups in total. The molecule has 0 amide bonds. The Bertz CT molecular complexity index is 1050. The molecule has 3 aromatic carbocycles. The molecule has 1 aromatic heterocycles. The summed E-state index contributed by atoms with van der Waals surface area (Å²) in [4.78, 5) is 12.6. The molecule has 24 heavy (non-hydrogen) atoms. The summed E-state index contributed by atoms with van der Waals surface area (Å²) < 4.78 is 1.90. The van der Waals surface area contributed by atoms with Crippen LogP contribution in [0.1, 0.15) is 15.9 Å². The number of aryl methyl sites for hydroxylation is 1. The molecule has 0 fully saturated rings. The van der Waals surface area contributed by atoms with Crippen molar-refractivity contribution in [3.8, 4) is 0 Å². The van der Waals surface area contributed by atoms with E-state index >= 15 is 0 Å². The molecule has 116 valence electrons. The fraction of sp³-hybridized carbons (Fsp3) is 0.0909. The Morgan fingerprint density at radius 3 is 2.38 bits per heavy atom. The Balaban J connectivity index is 1.81. The molecule has 4 rings (SSSR count). The smallest absolute Gasteiger partial charge is 0.227 e. The van der Waals surface area contributed by atoms with E-state index in [0.29, 0.717) is 6.54 Å². The number of nitrogens with zero attached hydrogens (tertiary/aromatic N) is 1. The maximum Gasteiger partial charge on any atom is 0.227 e. The van der Waals surface area contributed by atoms with Crippen LogP contribution in [0.15, 0.2) is 79.1 Å². The normalized spacial score (nSPS) is 11.0. The predicted molar refractivity (Wildman–Crippen MR) is 97.2 cm³/mol. The van der Waals surface area contributed by atoms with Crippen molar-refractivity contribution in [1.82, 2.24) is 0 Å². The first-order valence-electron chi connectivity index (χ1n) is 8.12. The van der Waals surface area contributed by atoms with Gasteiger partial charge in [0.05, 0.1) is 0 Å². The quantitative estimate of drug-likeness (QED) is 0.310. The molecule has 0 radical (unpaired) electrons. The summed E-state index contributed by atoms with van der Waals surface area (Å²) in [6.07, 6.45) is 3.83. The van der Waals surface area contributed by atoms with E-state index in [1.807, 2.05) is 47.3 Å². The zero-order valence-electron chi connectivity index (χ0n) is 13.6. The summed E-state index contributed by atoms with van der Waals surface area (Å²) in [5.74, 6) is 0.123. The fourth-order valence-corrected chi connectivity index (χ4v) is 3.26. The maximum atomic E-state index is 12.6. The van der Waals surface area contributed by atoms with Crippen LogP contribution in [-0.4, -0.2) is 5.78 Å². The number of hydrogen-bond donors (Lipinski definition) is 0. The minimum atomic E-state index is 0.123. The lowest BCUT2D eigenvalue weighted by atomic mass is 9.96. The third-order valence-electron chi connectivity index (χ3n) is 4.49. The average Bonchev–Trinajstić information content (AvgIpc) is 2.62. The third kappa shape index (κ3) is 2.56. The minimum absolute atomic E-state index is 0.123. The Morgan fingerprint density at radius 1 is 0.833 bits per heavy atom. The van der Waals surface area contributed by atoms with E-state index in [0.717, 1.165) is 10.9 Å². The first-order valence-corrected chi connectivity index (χ1v) is 8.12. The molecule has 2 heteroatoms. The fourth-order valence-electron chi connectivity index (χ4n) is 3.26. The lowest BCUT2D eigenvalue weighted by molar-refractivity contribution is -0.683. The van der Waals surface area contributed by atoms with Crippen LogP contribution >= 0.6 is 0 Å². The number of rotatable bonds is 3. The molecule has 0 aliphatic carbocycles. The van der Waals surface area contributed by atoms with E-state index < -0.39 is 0 Å². The summed E-state index contributed by atoms with van der Waals surface area (Å²) in [7, 11) is 0. The average molecular weight is 312 g/mol. The summed E-state index contributed by atoms with van der Waals surface area (Å²) in [5.41, 5.74) is 2.02. The first kappa shape index (κ1) is 14.6. The summed E-state index contributed by atoms with van der Waals surface area (Å²) in [6.45, 7) is 2.49. The Labute approximate surface area is 141 Å². The number of aromatic nitrogens is 1. The third-order valence-corrected chi connectivity index (χ3v) is 4.49. The lowest BCUT2D eigenvalue weighted by Crippen LogP contribution is -2.36. The highest BCUT2D eigenvalue weighted by molar-refractivity contribution is 6.11.